The predicted octanol–water partition coefficient (Wildman–Crippen LogP) is 4.82. The fraction of sp³-hybridized carbons (Fsp3) is 0.0952. The zero-order valence-electron chi connectivity index (χ0n) is 13.2. The second-order valence-corrected chi connectivity index (χ2v) is 5.65. The normalized spacial score (nSPS) is 11.7. The fourth-order valence-corrected chi connectivity index (χ4v) is 2.66. The van der Waals surface area contributed by atoms with Crippen molar-refractivity contribution in [1.82, 2.24) is 0 Å². The maximum Gasteiger partial charge on any atom is 0.165 e. The molecule has 0 aromatic heterocycles. The number of anilines is 1. The van der Waals surface area contributed by atoms with Gasteiger partial charge in [-0.25, -0.2) is 0 Å². The largest absolute Gasteiger partial charge is 0.508 e. The van der Waals surface area contributed by atoms with Crippen molar-refractivity contribution in [2.24, 2.45) is 0 Å². The Kier molecular flexibility index (Phi) is 4.92. The van der Waals surface area contributed by atoms with Gasteiger partial charge >= 0.3 is 0 Å². The molecule has 3 heteroatoms. The highest BCUT2D eigenvalue weighted by Gasteiger charge is 2.17. The number of phenolic OH excluding ortho intramolecular Hbond substituents is 1. The van der Waals surface area contributed by atoms with Gasteiger partial charge in [0, 0.05) is 17.7 Å². The molecule has 3 rings (SSSR count). The Morgan fingerprint density at radius 1 is 0.875 bits per heavy atom. The summed E-state index contributed by atoms with van der Waals surface area (Å²) in [6.07, 6.45) is 0.308. The molecule has 0 saturated heterocycles. The first kappa shape index (κ1) is 15.8. The number of nitrogens with one attached hydrogen (secondary N) is 1. The van der Waals surface area contributed by atoms with Crippen LogP contribution in [0.4, 0.5) is 5.69 Å². The van der Waals surface area contributed by atoms with E-state index in [2.05, 4.69) is 5.32 Å². The van der Waals surface area contributed by atoms with E-state index in [0.29, 0.717) is 12.0 Å². The number of para-hydroxylation sites is 1. The van der Waals surface area contributed by atoms with Crippen molar-refractivity contribution in [1.29, 1.82) is 0 Å². The molecule has 3 nitrogen and oxygen atoms in total. The average Bonchev–Trinajstić information content (AvgIpc) is 2.63. The molecule has 120 valence electrons. The third-order valence-electron chi connectivity index (χ3n) is 3.87. The molecule has 0 heterocycles. The summed E-state index contributed by atoms with van der Waals surface area (Å²) in [5.41, 5.74) is 2.51. The average molecular weight is 317 g/mol. The lowest BCUT2D eigenvalue weighted by Crippen LogP contribution is -2.15. The molecule has 1 unspecified atom stereocenters. The summed E-state index contributed by atoms with van der Waals surface area (Å²) in [6.45, 7) is 0. The maximum absolute atomic E-state index is 12.6. The SMILES string of the molecule is O=C(CC(Nc1ccccc1)c1cccc(O)c1)c1ccccc1. The van der Waals surface area contributed by atoms with E-state index in [4.69, 9.17) is 0 Å². The van der Waals surface area contributed by atoms with Gasteiger partial charge in [-0.05, 0) is 29.8 Å². The first-order valence-electron chi connectivity index (χ1n) is 7.91. The summed E-state index contributed by atoms with van der Waals surface area (Å²) in [4.78, 5) is 12.6. The van der Waals surface area contributed by atoms with Crippen LogP contribution in [0.25, 0.3) is 0 Å². The van der Waals surface area contributed by atoms with E-state index < -0.39 is 0 Å². The Bertz CT molecular complexity index is 800. The second-order valence-electron chi connectivity index (χ2n) is 5.65. The van der Waals surface area contributed by atoms with Crippen molar-refractivity contribution in [3.05, 3.63) is 96.1 Å². The van der Waals surface area contributed by atoms with E-state index in [1.54, 1.807) is 18.2 Å². The number of hydrogen-bond acceptors (Lipinski definition) is 3. The molecule has 0 spiro atoms. The third kappa shape index (κ3) is 4.02. The lowest BCUT2D eigenvalue weighted by atomic mass is 9.97. The van der Waals surface area contributed by atoms with E-state index in [0.717, 1.165) is 11.3 Å². The summed E-state index contributed by atoms with van der Waals surface area (Å²) in [6, 6.07) is 25.8. The van der Waals surface area contributed by atoms with Crippen LogP contribution < -0.4 is 5.32 Å². The molecule has 1 atom stereocenters. The monoisotopic (exact) mass is 317 g/mol. The number of aromatic hydroxyl groups is 1. The Balaban J connectivity index is 1.86. The standard InChI is InChI=1S/C21H19NO2/c23-19-13-7-10-17(14-19)20(22-18-11-5-2-6-12-18)15-21(24)16-8-3-1-4-9-16/h1-14,20,22-23H,15H2. The van der Waals surface area contributed by atoms with Crippen LogP contribution in [-0.4, -0.2) is 10.9 Å². The smallest absolute Gasteiger partial charge is 0.165 e. The lowest BCUT2D eigenvalue weighted by Gasteiger charge is -2.20. The highest BCUT2D eigenvalue weighted by Crippen LogP contribution is 2.26. The summed E-state index contributed by atoms with van der Waals surface area (Å²) in [5, 5.41) is 13.2. The number of carbonyl (C=O) groups is 1. The maximum atomic E-state index is 12.6. The van der Waals surface area contributed by atoms with Gasteiger partial charge in [0.25, 0.3) is 0 Å². The quantitative estimate of drug-likeness (QED) is 0.641. The summed E-state index contributed by atoms with van der Waals surface area (Å²) < 4.78 is 0. The van der Waals surface area contributed by atoms with Gasteiger partial charge in [0.15, 0.2) is 5.78 Å². The lowest BCUT2D eigenvalue weighted by molar-refractivity contribution is 0.0976. The van der Waals surface area contributed by atoms with Crippen LogP contribution in [-0.2, 0) is 0 Å². The molecule has 0 amide bonds. The number of Topliss-reactive ketones (excluding diaryl/α,β-unsaturated/α-hetero) is 1. The van der Waals surface area contributed by atoms with Gasteiger partial charge in [0.05, 0.1) is 6.04 Å². The first-order chi connectivity index (χ1) is 11.7. The van der Waals surface area contributed by atoms with Crippen molar-refractivity contribution >= 4 is 11.5 Å². The van der Waals surface area contributed by atoms with Crippen molar-refractivity contribution < 1.29 is 9.90 Å². The number of rotatable bonds is 6. The molecule has 0 aliphatic carbocycles. The van der Waals surface area contributed by atoms with Crippen molar-refractivity contribution in [3.63, 3.8) is 0 Å². The Hall–Kier alpha value is -3.07. The molecule has 0 bridgehead atoms. The van der Waals surface area contributed by atoms with Gasteiger partial charge in [-0.15, -0.1) is 0 Å². The van der Waals surface area contributed by atoms with Crippen LogP contribution >= 0.6 is 0 Å². The third-order valence-corrected chi connectivity index (χ3v) is 3.87. The van der Waals surface area contributed by atoms with Crippen LogP contribution in [0.5, 0.6) is 5.75 Å². The minimum Gasteiger partial charge on any atom is -0.508 e. The molecule has 0 fully saturated rings. The number of carbonyl (C=O) groups excluding carboxylic acids is 1. The van der Waals surface area contributed by atoms with Crippen molar-refractivity contribution in [2.75, 3.05) is 5.32 Å². The molecular weight excluding hydrogens is 298 g/mol. The number of ketones is 1. The zero-order valence-corrected chi connectivity index (χ0v) is 13.2. The van der Waals surface area contributed by atoms with Crippen LogP contribution in [0.15, 0.2) is 84.9 Å². The van der Waals surface area contributed by atoms with Crippen molar-refractivity contribution in [3.8, 4) is 5.75 Å². The van der Waals surface area contributed by atoms with Crippen LogP contribution in [0.3, 0.4) is 0 Å². The molecule has 0 aliphatic rings. The van der Waals surface area contributed by atoms with Gasteiger partial charge in [-0.2, -0.15) is 0 Å². The summed E-state index contributed by atoms with van der Waals surface area (Å²) >= 11 is 0. The summed E-state index contributed by atoms with van der Waals surface area (Å²) in [7, 11) is 0. The van der Waals surface area contributed by atoms with Crippen molar-refractivity contribution in [2.45, 2.75) is 12.5 Å². The predicted molar refractivity (Wildman–Crippen MR) is 96.3 cm³/mol. The van der Waals surface area contributed by atoms with E-state index in [1.165, 1.54) is 0 Å². The Labute approximate surface area is 141 Å². The highest BCUT2D eigenvalue weighted by molar-refractivity contribution is 5.96. The zero-order chi connectivity index (χ0) is 16.8. The Morgan fingerprint density at radius 3 is 2.21 bits per heavy atom. The Morgan fingerprint density at radius 2 is 1.54 bits per heavy atom. The van der Waals surface area contributed by atoms with Crippen LogP contribution in [0, 0.1) is 0 Å². The number of hydrogen-bond donors (Lipinski definition) is 2. The molecule has 0 saturated carbocycles. The first-order valence-corrected chi connectivity index (χ1v) is 7.91. The molecular formula is C21H19NO2. The number of phenols is 1. The van der Waals surface area contributed by atoms with Crippen LogP contribution in [0.2, 0.25) is 0 Å². The van der Waals surface area contributed by atoms with Gasteiger partial charge < -0.3 is 10.4 Å². The molecule has 24 heavy (non-hydrogen) atoms. The molecule has 0 aliphatic heterocycles. The minimum atomic E-state index is -0.216. The van der Waals surface area contributed by atoms with E-state index in [-0.39, 0.29) is 17.6 Å². The highest BCUT2D eigenvalue weighted by atomic mass is 16.3. The molecule has 3 aromatic rings. The van der Waals surface area contributed by atoms with Gasteiger partial charge in [-0.3, -0.25) is 4.79 Å². The van der Waals surface area contributed by atoms with Gasteiger partial charge in [0.2, 0.25) is 0 Å². The minimum absolute atomic E-state index is 0.0624. The number of benzene rings is 3. The topological polar surface area (TPSA) is 49.3 Å². The van der Waals surface area contributed by atoms with Crippen LogP contribution in [0.1, 0.15) is 28.4 Å². The van der Waals surface area contributed by atoms with Gasteiger partial charge in [-0.1, -0.05) is 60.7 Å². The summed E-state index contributed by atoms with van der Waals surface area (Å²) in [5.74, 6) is 0.256. The molecule has 3 aromatic carbocycles. The molecule has 2 N–H and O–H groups in total. The van der Waals surface area contributed by atoms with E-state index >= 15 is 0 Å². The second kappa shape index (κ2) is 7.47. The van der Waals surface area contributed by atoms with Gasteiger partial charge in [0.1, 0.15) is 5.75 Å². The fourth-order valence-electron chi connectivity index (χ4n) is 2.66. The van der Waals surface area contributed by atoms with E-state index in [9.17, 15) is 9.90 Å². The van der Waals surface area contributed by atoms with E-state index in [1.807, 2.05) is 66.7 Å². The molecule has 0 radical (unpaired) electrons.